The number of ether oxygens (including phenoxy) is 1. The van der Waals surface area contributed by atoms with Gasteiger partial charge in [0.25, 0.3) is 0 Å². The quantitative estimate of drug-likeness (QED) is 0.598. The number of anilines is 1. The molecule has 0 saturated heterocycles. The molecule has 0 aliphatic carbocycles. The van der Waals surface area contributed by atoms with Crippen molar-refractivity contribution in [1.82, 2.24) is 19.9 Å². The van der Waals surface area contributed by atoms with Gasteiger partial charge in [0, 0.05) is 24.2 Å². The maximum atomic E-state index is 11.5. The van der Waals surface area contributed by atoms with E-state index in [1.54, 1.807) is 42.9 Å². The monoisotopic (exact) mass is 353 g/mol. The first-order valence-electron chi connectivity index (χ1n) is 8.18. The second kappa shape index (κ2) is 7.64. The summed E-state index contributed by atoms with van der Waals surface area (Å²) in [6.45, 7) is 4.14. The van der Waals surface area contributed by atoms with Crippen LogP contribution in [-0.2, 0) is 0 Å². The van der Waals surface area contributed by atoms with Gasteiger partial charge < -0.3 is 20.1 Å². The molecule has 0 radical (unpaired) electrons. The number of nitrogens with zero attached hydrogens (tertiary/aromatic N) is 3. The average molecular weight is 353 g/mol. The lowest BCUT2D eigenvalue weighted by Gasteiger charge is -2.13. The van der Waals surface area contributed by atoms with E-state index in [0.29, 0.717) is 29.6 Å². The molecule has 0 saturated carbocycles. The number of aromatic carboxylic acids is 1. The largest absolute Gasteiger partial charge is 0.493 e. The van der Waals surface area contributed by atoms with E-state index in [2.05, 4.69) is 25.3 Å². The molecule has 0 spiro atoms. The van der Waals surface area contributed by atoms with E-state index in [-0.39, 0.29) is 11.6 Å². The van der Waals surface area contributed by atoms with Crippen LogP contribution < -0.4 is 10.1 Å². The number of hydrogen-bond acceptors (Lipinski definition) is 6. The fourth-order valence-electron chi connectivity index (χ4n) is 2.50. The molecule has 3 aromatic rings. The second-order valence-corrected chi connectivity index (χ2v) is 5.56. The standard InChI is InChI=1S/C18H19N5O3/c1-3-26-15-5-4-12(10-13(15)17(24)25)14-6-7-21-18(23-14)22-11(2)16-19-8-9-20-16/h4-11H,3H2,1-2H3,(H,19,20)(H,24,25)(H,21,22,23)/t11-/m0/s1. The van der Waals surface area contributed by atoms with Crippen molar-refractivity contribution in [2.45, 2.75) is 19.9 Å². The van der Waals surface area contributed by atoms with Crippen LogP contribution in [0.2, 0.25) is 0 Å². The Morgan fingerprint density at radius 2 is 2.15 bits per heavy atom. The number of aromatic amines is 1. The minimum absolute atomic E-state index is 0.0985. The summed E-state index contributed by atoms with van der Waals surface area (Å²) in [5.74, 6) is 0.488. The summed E-state index contributed by atoms with van der Waals surface area (Å²) in [7, 11) is 0. The van der Waals surface area contributed by atoms with Crippen molar-refractivity contribution in [2.75, 3.05) is 11.9 Å². The van der Waals surface area contributed by atoms with Crippen molar-refractivity contribution in [3.05, 3.63) is 54.2 Å². The molecule has 3 rings (SSSR count). The third-order valence-electron chi connectivity index (χ3n) is 3.74. The van der Waals surface area contributed by atoms with Crippen LogP contribution in [-0.4, -0.2) is 37.6 Å². The number of imidazole rings is 1. The molecule has 0 unspecified atom stereocenters. The Hall–Kier alpha value is -3.42. The summed E-state index contributed by atoms with van der Waals surface area (Å²) >= 11 is 0. The number of hydrogen-bond donors (Lipinski definition) is 3. The summed E-state index contributed by atoms with van der Waals surface area (Å²) in [4.78, 5) is 27.4. The van der Waals surface area contributed by atoms with Gasteiger partial charge in [-0.1, -0.05) is 0 Å². The molecule has 3 N–H and O–H groups in total. The molecule has 0 fully saturated rings. The van der Waals surface area contributed by atoms with Gasteiger partial charge in [-0.25, -0.2) is 19.7 Å². The molecule has 8 heteroatoms. The van der Waals surface area contributed by atoms with Gasteiger partial charge in [-0.15, -0.1) is 0 Å². The Morgan fingerprint density at radius 3 is 2.85 bits per heavy atom. The Morgan fingerprint density at radius 1 is 1.31 bits per heavy atom. The first-order valence-corrected chi connectivity index (χ1v) is 8.18. The van der Waals surface area contributed by atoms with E-state index in [9.17, 15) is 9.90 Å². The van der Waals surface area contributed by atoms with Crippen LogP contribution in [0.15, 0.2) is 42.9 Å². The molecule has 134 valence electrons. The van der Waals surface area contributed by atoms with Crippen molar-refractivity contribution in [3.63, 3.8) is 0 Å². The Labute approximate surface area is 150 Å². The normalized spacial score (nSPS) is 11.8. The van der Waals surface area contributed by atoms with Crippen LogP contribution in [0.3, 0.4) is 0 Å². The van der Waals surface area contributed by atoms with Crippen LogP contribution >= 0.6 is 0 Å². The Balaban J connectivity index is 1.88. The Bertz CT molecular complexity index is 896. The van der Waals surface area contributed by atoms with Crippen molar-refractivity contribution >= 4 is 11.9 Å². The fourth-order valence-corrected chi connectivity index (χ4v) is 2.50. The first-order chi connectivity index (χ1) is 12.6. The molecule has 2 aromatic heterocycles. The number of carbonyl (C=O) groups is 1. The molecule has 2 heterocycles. The minimum atomic E-state index is -1.05. The number of carboxylic acid groups (broad SMARTS) is 1. The van der Waals surface area contributed by atoms with Gasteiger partial charge in [-0.05, 0) is 38.1 Å². The molecule has 1 aromatic carbocycles. The van der Waals surface area contributed by atoms with Crippen LogP contribution in [0.25, 0.3) is 11.3 Å². The van der Waals surface area contributed by atoms with Crippen molar-refractivity contribution in [2.24, 2.45) is 0 Å². The zero-order valence-corrected chi connectivity index (χ0v) is 14.4. The molecule has 1 atom stereocenters. The lowest BCUT2D eigenvalue weighted by molar-refractivity contribution is 0.0692. The summed E-state index contributed by atoms with van der Waals surface area (Å²) in [6, 6.07) is 6.59. The van der Waals surface area contributed by atoms with Gasteiger partial charge in [0.1, 0.15) is 17.1 Å². The highest BCUT2D eigenvalue weighted by atomic mass is 16.5. The third kappa shape index (κ3) is 3.80. The van der Waals surface area contributed by atoms with Crippen LogP contribution in [0.1, 0.15) is 36.1 Å². The third-order valence-corrected chi connectivity index (χ3v) is 3.74. The van der Waals surface area contributed by atoms with Crippen molar-refractivity contribution in [1.29, 1.82) is 0 Å². The molecular formula is C18H19N5O3. The number of carboxylic acids is 1. The van der Waals surface area contributed by atoms with Gasteiger partial charge in [0.15, 0.2) is 0 Å². The molecule has 8 nitrogen and oxygen atoms in total. The average Bonchev–Trinajstić information content (AvgIpc) is 3.17. The predicted octanol–water partition coefficient (Wildman–Crippen LogP) is 3.14. The molecule has 0 bridgehead atoms. The molecule has 0 aliphatic heterocycles. The molecule has 0 amide bonds. The van der Waals surface area contributed by atoms with E-state index in [1.165, 1.54) is 0 Å². The highest BCUT2D eigenvalue weighted by Crippen LogP contribution is 2.26. The van der Waals surface area contributed by atoms with E-state index < -0.39 is 5.97 Å². The van der Waals surface area contributed by atoms with E-state index in [1.807, 2.05) is 13.8 Å². The summed E-state index contributed by atoms with van der Waals surface area (Å²) in [6.07, 6.45) is 5.05. The topological polar surface area (TPSA) is 113 Å². The summed E-state index contributed by atoms with van der Waals surface area (Å²) < 4.78 is 5.37. The maximum Gasteiger partial charge on any atom is 0.339 e. The summed E-state index contributed by atoms with van der Waals surface area (Å²) in [5.41, 5.74) is 1.38. The molecule has 0 aliphatic rings. The first kappa shape index (κ1) is 17.4. The second-order valence-electron chi connectivity index (χ2n) is 5.56. The van der Waals surface area contributed by atoms with Gasteiger partial charge in [-0.3, -0.25) is 0 Å². The predicted molar refractivity (Wildman–Crippen MR) is 96.2 cm³/mol. The lowest BCUT2D eigenvalue weighted by Crippen LogP contribution is -2.11. The van der Waals surface area contributed by atoms with Crippen molar-refractivity contribution < 1.29 is 14.6 Å². The lowest BCUT2D eigenvalue weighted by atomic mass is 10.1. The van der Waals surface area contributed by atoms with Gasteiger partial charge in [0.2, 0.25) is 5.95 Å². The minimum Gasteiger partial charge on any atom is -0.493 e. The van der Waals surface area contributed by atoms with Crippen molar-refractivity contribution in [3.8, 4) is 17.0 Å². The molecular weight excluding hydrogens is 334 g/mol. The number of aromatic nitrogens is 4. The SMILES string of the molecule is CCOc1ccc(-c2ccnc(N[C@@H](C)c3ncc[nH]3)n2)cc1C(=O)O. The Kier molecular flexibility index (Phi) is 5.12. The van der Waals surface area contributed by atoms with Crippen LogP contribution in [0.5, 0.6) is 5.75 Å². The maximum absolute atomic E-state index is 11.5. The number of nitrogens with one attached hydrogen (secondary N) is 2. The summed E-state index contributed by atoms with van der Waals surface area (Å²) in [5, 5.41) is 12.6. The smallest absolute Gasteiger partial charge is 0.339 e. The zero-order valence-electron chi connectivity index (χ0n) is 14.4. The highest BCUT2D eigenvalue weighted by molar-refractivity contribution is 5.92. The van der Waals surface area contributed by atoms with Gasteiger partial charge >= 0.3 is 5.97 Å². The number of H-pyrrole nitrogens is 1. The molecule has 26 heavy (non-hydrogen) atoms. The number of rotatable bonds is 7. The van der Waals surface area contributed by atoms with E-state index >= 15 is 0 Å². The zero-order chi connectivity index (χ0) is 18.5. The fraction of sp³-hybridized carbons (Fsp3) is 0.222. The van der Waals surface area contributed by atoms with Gasteiger partial charge in [0.05, 0.1) is 18.3 Å². The van der Waals surface area contributed by atoms with E-state index in [0.717, 1.165) is 5.82 Å². The number of benzene rings is 1. The highest BCUT2D eigenvalue weighted by Gasteiger charge is 2.14. The van der Waals surface area contributed by atoms with Gasteiger partial charge in [-0.2, -0.15) is 0 Å². The van der Waals surface area contributed by atoms with E-state index in [4.69, 9.17) is 4.74 Å². The van der Waals surface area contributed by atoms with Crippen LogP contribution in [0, 0.1) is 0 Å². The van der Waals surface area contributed by atoms with Crippen LogP contribution in [0.4, 0.5) is 5.95 Å².